The largest absolute Gasteiger partial charge is 0.298 e. The first-order valence-corrected chi connectivity index (χ1v) is 9.01. The average molecular weight is 342 g/mol. The molecule has 134 valence electrons. The lowest BCUT2D eigenvalue weighted by Crippen LogP contribution is -2.34. The van der Waals surface area contributed by atoms with Crippen LogP contribution in [-0.4, -0.2) is 30.9 Å². The maximum absolute atomic E-state index is 12.7. The third-order valence-electron chi connectivity index (χ3n) is 4.87. The van der Waals surface area contributed by atoms with Crippen molar-refractivity contribution in [1.29, 1.82) is 0 Å². The number of H-pyrrole nitrogens is 1. The van der Waals surface area contributed by atoms with Crippen LogP contribution in [0.15, 0.2) is 39.3 Å². The van der Waals surface area contributed by atoms with Gasteiger partial charge in [-0.15, -0.1) is 5.11 Å². The number of quaternary nitrogens is 1. The molecule has 1 heterocycles. The zero-order valence-corrected chi connectivity index (χ0v) is 15.6. The standard InChI is InChI=1S/C19H27N5O/c1-14-18(19(25)23(22-14)16-10-6-5-7-11-16)21-20-15-9-8-12-17(13-15)24(2,3)4/h8-9,12-13,16H,5-7,10-11H2,1-4H3/p+1. The number of hydrogen-bond donors (Lipinski definition) is 1. The highest BCUT2D eigenvalue weighted by molar-refractivity contribution is 5.52. The highest BCUT2D eigenvalue weighted by atomic mass is 16.1. The third-order valence-corrected chi connectivity index (χ3v) is 4.87. The van der Waals surface area contributed by atoms with Crippen molar-refractivity contribution in [2.24, 2.45) is 10.2 Å². The van der Waals surface area contributed by atoms with E-state index in [1.54, 1.807) is 4.68 Å². The van der Waals surface area contributed by atoms with Crippen molar-refractivity contribution in [3.8, 4) is 0 Å². The van der Waals surface area contributed by atoms with E-state index in [0.717, 1.165) is 29.9 Å². The molecule has 1 fully saturated rings. The Bertz CT molecular complexity index is 819. The van der Waals surface area contributed by atoms with E-state index < -0.39 is 0 Å². The minimum Gasteiger partial charge on any atom is -0.298 e. The van der Waals surface area contributed by atoms with Crippen LogP contribution in [0.2, 0.25) is 0 Å². The van der Waals surface area contributed by atoms with Crippen molar-refractivity contribution in [2.75, 3.05) is 21.1 Å². The van der Waals surface area contributed by atoms with Crippen molar-refractivity contribution in [1.82, 2.24) is 14.3 Å². The SMILES string of the molecule is Cc1[nH]n(C2CCCCC2)c(=O)c1N=Nc1cccc([N+](C)(C)C)c1. The van der Waals surface area contributed by atoms with Gasteiger partial charge in [0.05, 0.1) is 38.6 Å². The van der Waals surface area contributed by atoms with Crippen molar-refractivity contribution in [2.45, 2.75) is 45.1 Å². The summed E-state index contributed by atoms with van der Waals surface area (Å²) in [6.45, 7) is 1.89. The lowest BCUT2D eigenvalue weighted by atomic mass is 9.96. The van der Waals surface area contributed by atoms with E-state index in [1.807, 2.05) is 25.1 Å². The van der Waals surface area contributed by atoms with Crippen LogP contribution in [0.5, 0.6) is 0 Å². The lowest BCUT2D eigenvalue weighted by Gasteiger charge is -2.23. The van der Waals surface area contributed by atoms with Crippen LogP contribution in [-0.2, 0) is 0 Å². The molecule has 2 aromatic rings. The summed E-state index contributed by atoms with van der Waals surface area (Å²) < 4.78 is 2.46. The number of nitrogens with zero attached hydrogens (tertiary/aromatic N) is 4. The molecule has 0 atom stereocenters. The predicted octanol–water partition coefficient (Wildman–Crippen LogP) is 4.60. The van der Waals surface area contributed by atoms with Crippen LogP contribution < -0.4 is 10.0 Å². The Labute approximate surface area is 148 Å². The van der Waals surface area contributed by atoms with Gasteiger partial charge in [0.25, 0.3) is 5.56 Å². The molecule has 1 saturated carbocycles. The Morgan fingerprint density at radius 1 is 1.12 bits per heavy atom. The molecule has 1 aliphatic carbocycles. The summed E-state index contributed by atoms with van der Waals surface area (Å²) in [4.78, 5) is 12.7. The van der Waals surface area contributed by atoms with Crippen molar-refractivity contribution in [3.05, 3.63) is 40.3 Å². The van der Waals surface area contributed by atoms with Crippen LogP contribution in [0.4, 0.5) is 17.1 Å². The minimum atomic E-state index is -0.0593. The number of hydrogen-bond acceptors (Lipinski definition) is 3. The Morgan fingerprint density at radius 3 is 2.52 bits per heavy atom. The van der Waals surface area contributed by atoms with Gasteiger partial charge >= 0.3 is 0 Å². The van der Waals surface area contributed by atoms with Gasteiger partial charge in [-0.25, -0.2) is 4.68 Å². The van der Waals surface area contributed by atoms with Gasteiger partial charge in [-0.05, 0) is 31.9 Å². The van der Waals surface area contributed by atoms with Gasteiger partial charge in [0.15, 0.2) is 5.69 Å². The fraction of sp³-hybridized carbons (Fsp3) is 0.526. The third kappa shape index (κ3) is 3.90. The van der Waals surface area contributed by atoms with E-state index in [4.69, 9.17) is 0 Å². The van der Waals surface area contributed by atoms with Gasteiger partial charge in [-0.1, -0.05) is 25.3 Å². The minimum absolute atomic E-state index is 0.0593. The molecule has 1 aromatic heterocycles. The van der Waals surface area contributed by atoms with Gasteiger partial charge < -0.3 is 0 Å². The smallest absolute Gasteiger partial charge is 0.294 e. The quantitative estimate of drug-likeness (QED) is 0.640. The molecule has 0 amide bonds. The highest BCUT2D eigenvalue weighted by Gasteiger charge is 2.20. The first-order valence-electron chi connectivity index (χ1n) is 9.01. The summed E-state index contributed by atoms with van der Waals surface area (Å²) in [6.07, 6.45) is 5.75. The summed E-state index contributed by atoms with van der Waals surface area (Å²) in [6, 6.07) is 8.22. The summed E-state index contributed by atoms with van der Waals surface area (Å²) in [7, 11) is 6.32. The van der Waals surface area contributed by atoms with Crippen molar-refractivity contribution < 1.29 is 0 Å². The fourth-order valence-corrected chi connectivity index (χ4v) is 3.35. The topological polar surface area (TPSA) is 62.5 Å². The second-order valence-corrected chi connectivity index (χ2v) is 7.78. The van der Waals surface area contributed by atoms with Crippen molar-refractivity contribution in [3.63, 3.8) is 0 Å². The van der Waals surface area contributed by atoms with Crippen LogP contribution in [0.25, 0.3) is 0 Å². The van der Waals surface area contributed by atoms with E-state index in [1.165, 1.54) is 19.3 Å². The van der Waals surface area contributed by atoms with Crippen molar-refractivity contribution >= 4 is 17.1 Å². The number of aryl methyl sites for hydroxylation is 1. The molecule has 0 radical (unpaired) electrons. The van der Waals surface area contributed by atoms with Crippen LogP contribution in [0.1, 0.15) is 43.8 Å². The Hall–Kier alpha value is -2.21. The number of rotatable bonds is 4. The first-order chi connectivity index (χ1) is 11.9. The number of aromatic amines is 1. The molecular weight excluding hydrogens is 314 g/mol. The number of azo groups is 1. The van der Waals surface area contributed by atoms with Crippen LogP contribution in [0.3, 0.4) is 0 Å². The molecular formula is C19H28N5O+. The van der Waals surface area contributed by atoms with Gasteiger partial charge in [0.2, 0.25) is 0 Å². The molecule has 0 saturated heterocycles. The van der Waals surface area contributed by atoms with Crippen LogP contribution >= 0.6 is 0 Å². The average Bonchev–Trinajstić information content (AvgIpc) is 2.88. The molecule has 6 heteroatoms. The van der Waals surface area contributed by atoms with Gasteiger partial charge in [0.1, 0.15) is 5.69 Å². The normalized spacial score (nSPS) is 16.6. The predicted molar refractivity (Wildman–Crippen MR) is 102 cm³/mol. The zero-order valence-electron chi connectivity index (χ0n) is 15.6. The second-order valence-electron chi connectivity index (χ2n) is 7.78. The van der Waals surface area contributed by atoms with Crippen LogP contribution in [0, 0.1) is 6.92 Å². The Morgan fingerprint density at radius 2 is 1.84 bits per heavy atom. The fourth-order valence-electron chi connectivity index (χ4n) is 3.35. The van der Waals surface area contributed by atoms with E-state index >= 15 is 0 Å². The number of benzene rings is 1. The zero-order chi connectivity index (χ0) is 18.0. The summed E-state index contributed by atoms with van der Waals surface area (Å²) >= 11 is 0. The molecule has 0 bridgehead atoms. The monoisotopic (exact) mass is 342 g/mol. The summed E-state index contributed by atoms with van der Waals surface area (Å²) in [5.41, 5.74) is 3.04. The highest BCUT2D eigenvalue weighted by Crippen LogP contribution is 2.28. The maximum Gasteiger partial charge on any atom is 0.294 e. The van der Waals surface area contributed by atoms with Gasteiger partial charge in [-0.2, -0.15) is 5.11 Å². The Balaban J connectivity index is 1.87. The molecule has 25 heavy (non-hydrogen) atoms. The number of nitrogens with one attached hydrogen (secondary N) is 1. The molecule has 1 aromatic carbocycles. The number of aromatic nitrogens is 2. The molecule has 0 aliphatic heterocycles. The van der Waals surface area contributed by atoms with Gasteiger partial charge in [0, 0.05) is 6.07 Å². The molecule has 6 nitrogen and oxygen atoms in total. The Kier molecular flexibility index (Phi) is 4.90. The molecule has 3 rings (SSSR count). The van der Waals surface area contributed by atoms with E-state index in [-0.39, 0.29) is 11.6 Å². The maximum atomic E-state index is 12.7. The summed E-state index contributed by atoms with van der Waals surface area (Å²) in [5, 5.41) is 11.8. The van der Waals surface area contributed by atoms with E-state index in [9.17, 15) is 4.79 Å². The lowest BCUT2D eigenvalue weighted by molar-refractivity contribution is 0.322. The molecule has 1 aliphatic rings. The second kappa shape index (κ2) is 6.96. The molecule has 0 unspecified atom stereocenters. The molecule has 1 N–H and O–H groups in total. The molecule has 0 spiro atoms. The van der Waals surface area contributed by atoms with Gasteiger partial charge in [-0.3, -0.25) is 14.4 Å². The van der Waals surface area contributed by atoms with E-state index in [0.29, 0.717) is 10.2 Å². The summed E-state index contributed by atoms with van der Waals surface area (Å²) in [5.74, 6) is 0. The first kappa shape index (κ1) is 17.6. The van der Waals surface area contributed by atoms with E-state index in [2.05, 4.69) is 42.5 Å².